The van der Waals surface area contributed by atoms with Crippen LogP contribution in [-0.2, 0) is 0 Å². The Balaban J connectivity index is 2.87. The average molecular weight is 228 g/mol. The molecule has 15 heavy (non-hydrogen) atoms. The largest absolute Gasteiger partial charge is 0.477 e. The van der Waals surface area contributed by atoms with Crippen LogP contribution in [0, 0.1) is 12.8 Å². The van der Waals surface area contributed by atoms with Gasteiger partial charge in [0.05, 0.1) is 11.7 Å². The number of carboxylic acids is 1. The SMILES string of the molecule is Cc1nc(C(N)CC(C)C)sc1C(=O)O. The molecule has 3 N–H and O–H groups in total. The summed E-state index contributed by atoms with van der Waals surface area (Å²) in [6.07, 6.45) is 0.825. The minimum Gasteiger partial charge on any atom is -0.477 e. The first kappa shape index (κ1) is 12.1. The molecule has 1 heterocycles. The highest BCUT2D eigenvalue weighted by molar-refractivity contribution is 7.13. The lowest BCUT2D eigenvalue weighted by Gasteiger charge is -2.10. The molecule has 1 aromatic rings. The molecule has 0 fully saturated rings. The van der Waals surface area contributed by atoms with Crippen LogP contribution >= 0.6 is 11.3 Å². The van der Waals surface area contributed by atoms with Gasteiger partial charge in [-0.2, -0.15) is 0 Å². The van der Waals surface area contributed by atoms with Gasteiger partial charge in [-0.05, 0) is 19.3 Å². The van der Waals surface area contributed by atoms with Crippen LogP contribution in [0.2, 0.25) is 0 Å². The van der Waals surface area contributed by atoms with Crippen molar-refractivity contribution in [2.45, 2.75) is 33.2 Å². The lowest BCUT2D eigenvalue weighted by molar-refractivity contribution is 0.0701. The highest BCUT2D eigenvalue weighted by Crippen LogP contribution is 2.26. The van der Waals surface area contributed by atoms with Gasteiger partial charge in [-0.25, -0.2) is 9.78 Å². The zero-order chi connectivity index (χ0) is 11.6. The molecule has 0 aromatic carbocycles. The Kier molecular flexibility index (Phi) is 3.82. The summed E-state index contributed by atoms with van der Waals surface area (Å²) in [4.78, 5) is 15.3. The maximum atomic E-state index is 10.8. The molecule has 1 atom stereocenters. The average Bonchev–Trinajstić information content (AvgIpc) is 2.46. The molecule has 1 aromatic heterocycles. The van der Waals surface area contributed by atoms with Crippen LogP contribution in [0.3, 0.4) is 0 Å². The zero-order valence-corrected chi connectivity index (χ0v) is 9.97. The van der Waals surface area contributed by atoms with Gasteiger partial charge in [-0.1, -0.05) is 13.8 Å². The van der Waals surface area contributed by atoms with Gasteiger partial charge in [0, 0.05) is 0 Å². The zero-order valence-electron chi connectivity index (χ0n) is 9.15. The van der Waals surface area contributed by atoms with E-state index in [2.05, 4.69) is 18.8 Å². The molecule has 0 spiro atoms. The molecular weight excluding hydrogens is 212 g/mol. The van der Waals surface area contributed by atoms with Crippen molar-refractivity contribution < 1.29 is 9.90 Å². The van der Waals surface area contributed by atoms with Crippen molar-refractivity contribution in [3.63, 3.8) is 0 Å². The molecule has 0 saturated carbocycles. The Morgan fingerprint density at radius 3 is 2.60 bits per heavy atom. The number of hydrogen-bond acceptors (Lipinski definition) is 4. The summed E-state index contributed by atoms with van der Waals surface area (Å²) in [6.45, 7) is 5.86. The molecule has 0 bridgehead atoms. The van der Waals surface area contributed by atoms with Gasteiger partial charge in [-0.3, -0.25) is 0 Å². The smallest absolute Gasteiger partial charge is 0.347 e. The van der Waals surface area contributed by atoms with E-state index < -0.39 is 5.97 Å². The lowest BCUT2D eigenvalue weighted by atomic mass is 10.1. The molecule has 0 aliphatic rings. The third-order valence-electron chi connectivity index (χ3n) is 2.05. The van der Waals surface area contributed by atoms with Crippen molar-refractivity contribution in [2.75, 3.05) is 0 Å². The van der Waals surface area contributed by atoms with E-state index in [0.717, 1.165) is 11.4 Å². The number of hydrogen-bond donors (Lipinski definition) is 2. The first-order valence-electron chi connectivity index (χ1n) is 4.88. The quantitative estimate of drug-likeness (QED) is 0.828. The minimum absolute atomic E-state index is 0.151. The summed E-state index contributed by atoms with van der Waals surface area (Å²) >= 11 is 1.18. The minimum atomic E-state index is -0.923. The van der Waals surface area contributed by atoms with Gasteiger partial charge in [0.2, 0.25) is 0 Å². The summed E-state index contributed by atoms with van der Waals surface area (Å²) in [5.41, 5.74) is 6.49. The van der Waals surface area contributed by atoms with Gasteiger partial charge in [0.1, 0.15) is 9.88 Å². The fraction of sp³-hybridized carbons (Fsp3) is 0.600. The number of aryl methyl sites for hydroxylation is 1. The Labute approximate surface area is 93.1 Å². The standard InChI is InChI=1S/C10H16N2O2S/c1-5(2)4-7(11)9-12-6(3)8(15-9)10(13)14/h5,7H,4,11H2,1-3H3,(H,13,14). The topological polar surface area (TPSA) is 76.2 Å². The third kappa shape index (κ3) is 3.00. The van der Waals surface area contributed by atoms with E-state index in [1.165, 1.54) is 11.3 Å². The van der Waals surface area contributed by atoms with Crippen LogP contribution in [0.1, 0.15) is 46.7 Å². The summed E-state index contributed by atoms with van der Waals surface area (Å²) < 4.78 is 0. The second-order valence-electron chi connectivity index (χ2n) is 4.01. The Bertz CT molecular complexity index is 360. The molecule has 5 heteroatoms. The molecule has 0 radical (unpaired) electrons. The highest BCUT2D eigenvalue weighted by atomic mass is 32.1. The fourth-order valence-corrected chi connectivity index (χ4v) is 2.30. The Morgan fingerprint density at radius 1 is 1.60 bits per heavy atom. The molecule has 0 saturated heterocycles. The van der Waals surface area contributed by atoms with E-state index in [9.17, 15) is 4.79 Å². The van der Waals surface area contributed by atoms with Crippen LogP contribution in [0.15, 0.2) is 0 Å². The Hall–Kier alpha value is -0.940. The van der Waals surface area contributed by atoms with E-state index in [1.54, 1.807) is 6.92 Å². The van der Waals surface area contributed by atoms with Crippen LogP contribution in [0.4, 0.5) is 0 Å². The number of rotatable bonds is 4. The lowest BCUT2D eigenvalue weighted by Crippen LogP contribution is -2.12. The summed E-state index contributed by atoms with van der Waals surface area (Å²) in [5, 5.41) is 9.59. The third-order valence-corrected chi connectivity index (χ3v) is 3.33. The number of carboxylic acid groups (broad SMARTS) is 1. The first-order valence-corrected chi connectivity index (χ1v) is 5.69. The number of nitrogens with two attached hydrogens (primary N) is 1. The molecule has 4 nitrogen and oxygen atoms in total. The van der Waals surface area contributed by atoms with Crippen LogP contribution in [0.5, 0.6) is 0 Å². The van der Waals surface area contributed by atoms with Crippen LogP contribution < -0.4 is 5.73 Å². The predicted molar refractivity (Wildman–Crippen MR) is 60.2 cm³/mol. The van der Waals surface area contributed by atoms with E-state index in [4.69, 9.17) is 10.8 Å². The van der Waals surface area contributed by atoms with Crippen molar-refractivity contribution in [3.8, 4) is 0 Å². The molecule has 1 unspecified atom stereocenters. The normalized spacial score (nSPS) is 13.1. The molecule has 0 amide bonds. The molecule has 0 aliphatic carbocycles. The predicted octanol–water partition coefficient (Wildman–Crippen LogP) is 2.20. The van der Waals surface area contributed by atoms with E-state index in [1.807, 2.05) is 0 Å². The van der Waals surface area contributed by atoms with E-state index in [-0.39, 0.29) is 6.04 Å². The summed E-state index contributed by atoms with van der Waals surface area (Å²) in [5.74, 6) is -0.439. The number of aromatic nitrogens is 1. The van der Waals surface area contributed by atoms with Gasteiger partial charge < -0.3 is 10.8 Å². The number of carbonyl (C=O) groups is 1. The fourth-order valence-electron chi connectivity index (χ4n) is 1.38. The van der Waals surface area contributed by atoms with Crippen LogP contribution in [-0.4, -0.2) is 16.1 Å². The number of nitrogens with zero attached hydrogens (tertiary/aromatic N) is 1. The number of aromatic carboxylic acids is 1. The molecule has 1 rings (SSSR count). The van der Waals surface area contributed by atoms with Gasteiger partial charge in [0.25, 0.3) is 0 Å². The van der Waals surface area contributed by atoms with Gasteiger partial charge in [0.15, 0.2) is 0 Å². The van der Waals surface area contributed by atoms with Crippen molar-refractivity contribution >= 4 is 17.3 Å². The van der Waals surface area contributed by atoms with E-state index >= 15 is 0 Å². The first-order chi connectivity index (χ1) is 6.91. The second-order valence-corrected chi connectivity index (χ2v) is 5.04. The van der Waals surface area contributed by atoms with Gasteiger partial charge >= 0.3 is 5.97 Å². The van der Waals surface area contributed by atoms with Crippen molar-refractivity contribution in [1.29, 1.82) is 0 Å². The Morgan fingerprint density at radius 2 is 2.20 bits per heavy atom. The van der Waals surface area contributed by atoms with Gasteiger partial charge in [-0.15, -0.1) is 11.3 Å². The second kappa shape index (κ2) is 4.72. The highest BCUT2D eigenvalue weighted by Gasteiger charge is 2.18. The maximum absolute atomic E-state index is 10.8. The number of thiazole rings is 1. The van der Waals surface area contributed by atoms with Crippen molar-refractivity contribution in [2.24, 2.45) is 11.7 Å². The van der Waals surface area contributed by atoms with Crippen LogP contribution in [0.25, 0.3) is 0 Å². The monoisotopic (exact) mass is 228 g/mol. The molecular formula is C10H16N2O2S. The summed E-state index contributed by atoms with van der Waals surface area (Å²) in [6, 6.07) is -0.151. The van der Waals surface area contributed by atoms with Crippen molar-refractivity contribution in [3.05, 3.63) is 15.6 Å². The maximum Gasteiger partial charge on any atom is 0.347 e. The summed E-state index contributed by atoms with van der Waals surface area (Å²) in [7, 11) is 0. The van der Waals surface area contributed by atoms with Crippen molar-refractivity contribution in [1.82, 2.24) is 4.98 Å². The molecule has 0 aliphatic heterocycles. The molecule has 84 valence electrons. The van der Waals surface area contributed by atoms with E-state index in [0.29, 0.717) is 16.5 Å².